The minimum atomic E-state index is 0.772. The molecule has 0 radical (unpaired) electrons. The Labute approximate surface area is 103 Å². The van der Waals surface area contributed by atoms with E-state index in [1.54, 1.807) is 0 Å². The van der Waals surface area contributed by atoms with E-state index >= 15 is 0 Å². The van der Waals surface area contributed by atoms with Crippen LogP contribution in [0.15, 0.2) is 18.2 Å². The van der Waals surface area contributed by atoms with Crippen molar-refractivity contribution in [2.45, 2.75) is 13.3 Å². The van der Waals surface area contributed by atoms with E-state index in [1.807, 2.05) is 25.1 Å². The lowest BCUT2D eigenvalue weighted by molar-refractivity contribution is 1.09. The molecular weight excluding hydrogens is 308 g/mol. The fraction of sp³-hybridized carbons (Fsp3) is 0.273. The summed E-state index contributed by atoms with van der Waals surface area (Å²) in [7, 11) is 0. The molecule has 0 aromatic heterocycles. The molecule has 0 saturated carbocycles. The number of hydrogen-bond acceptors (Lipinski definition) is 1. The average Bonchev–Trinajstić information content (AvgIpc) is 2.15. The molecule has 1 aromatic carbocycles. The molecule has 0 aliphatic heterocycles. The Kier molecular flexibility index (Phi) is 5.13. The van der Waals surface area contributed by atoms with Gasteiger partial charge >= 0.3 is 0 Å². The maximum atomic E-state index is 5.85. The summed E-state index contributed by atoms with van der Waals surface area (Å²) in [4.78, 5) is 0. The summed E-state index contributed by atoms with van der Waals surface area (Å²) in [5, 5.41) is 4.08. The van der Waals surface area contributed by atoms with Gasteiger partial charge in [0, 0.05) is 27.2 Å². The third-order valence-corrected chi connectivity index (χ3v) is 2.80. The largest absolute Gasteiger partial charge is 0.383 e. The number of rotatable bonds is 3. The Hall–Kier alpha value is -0.400. The molecule has 0 saturated heterocycles. The van der Waals surface area contributed by atoms with Gasteiger partial charge in [-0.2, -0.15) is 0 Å². The first kappa shape index (κ1) is 11.7. The summed E-state index contributed by atoms with van der Waals surface area (Å²) >= 11 is 8.11. The standard InChI is InChI=1S/C11H11ClIN/c1-2-3-4-7-14-11-6-5-9(12)8-10(11)13/h5-6,8,14H,4,7H2,1H3. The lowest BCUT2D eigenvalue weighted by Crippen LogP contribution is -2.01. The van der Waals surface area contributed by atoms with E-state index in [4.69, 9.17) is 11.6 Å². The molecule has 1 rings (SSSR count). The van der Waals surface area contributed by atoms with E-state index in [1.165, 1.54) is 0 Å². The Morgan fingerprint density at radius 2 is 2.29 bits per heavy atom. The van der Waals surface area contributed by atoms with Gasteiger partial charge in [0.05, 0.1) is 0 Å². The summed E-state index contributed by atoms with van der Waals surface area (Å²) in [6.07, 6.45) is 0.870. The second kappa shape index (κ2) is 6.15. The van der Waals surface area contributed by atoms with E-state index in [9.17, 15) is 0 Å². The highest BCUT2D eigenvalue weighted by atomic mass is 127. The SMILES string of the molecule is CC#CCCNc1ccc(Cl)cc1I. The van der Waals surface area contributed by atoms with E-state index in [-0.39, 0.29) is 0 Å². The van der Waals surface area contributed by atoms with Crippen molar-refractivity contribution in [3.05, 3.63) is 26.8 Å². The average molecular weight is 320 g/mol. The van der Waals surface area contributed by atoms with E-state index in [2.05, 4.69) is 39.7 Å². The van der Waals surface area contributed by atoms with Crippen LogP contribution in [0.1, 0.15) is 13.3 Å². The topological polar surface area (TPSA) is 12.0 Å². The van der Waals surface area contributed by atoms with Crippen LogP contribution in [0, 0.1) is 15.4 Å². The first-order chi connectivity index (χ1) is 6.74. The molecule has 0 aliphatic rings. The molecular formula is C11H11ClIN. The molecule has 0 fully saturated rings. The molecule has 0 heterocycles. The number of benzene rings is 1. The van der Waals surface area contributed by atoms with Gasteiger partial charge in [-0.15, -0.1) is 11.8 Å². The van der Waals surface area contributed by atoms with Gasteiger partial charge in [-0.25, -0.2) is 0 Å². The molecule has 0 amide bonds. The van der Waals surface area contributed by atoms with Gasteiger partial charge < -0.3 is 5.32 Å². The van der Waals surface area contributed by atoms with Crippen LogP contribution in [0.25, 0.3) is 0 Å². The first-order valence-electron chi connectivity index (χ1n) is 4.32. The van der Waals surface area contributed by atoms with E-state index < -0.39 is 0 Å². The van der Waals surface area contributed by atoms with Crippen molar-refractivity contribution in [2.75, 3.05) is 11.9 Å². The van der Waals surface area contributed by atoms with Crippen molar-refractivity contribution in [3.8, 4) is 11.8 Å². The summed E-state index contributed by atoms with van der Waals surface area (Å²) in [6, 6.07) is 5.82. The smallest absolute Gasteiger partial charge is 0.0477 e. The number of halogens is 2. The maximum absolute atomic E-state index is 5.85. The lowest BCUT2D eigenvalue weighted by atomic mass is 10.3. The maximum Gasteiger partial charge on any atom is 0.0477 e. The highest BCUT2D eigenvalue weighted by Gasteiger charge is 1.98. The van der Waals surface area contributed by atoms with Crippen molar-refractivity contribution in [1.29, 1.82) is 0 Å². The fourth-order valence-electron chi connectivity index (χ4n) is 1.02. The van der Waals surface area contributed by atoms with Crippen LogP contribution in [0.5, 0.6) is 0 Å². The zero-order chi connectivity index (χ0) is 10.4. The lowest BCUT2D eigenvalue weighted by Gasteiger charge is -2.06. The second-order valence-electron chi connectivity index (χ2n) is 2.73. The van der Waals surface area contributed by atoms with Gasteiger partial charge in [-0.3, -0.25) is 0 Å². The number of nitrogens with one attached hydrogen (secondary N) is 1. The van der Waals surface area contributed by atoms with Gasteiger partial charge in [0.25, 0.3) is 0 Å². The zero-order valence-corrected chi connectivity index (χ0v) is 10.8. The molecule has 1 N–H and O–H groups in total. The third kappa shape index (κ3) is 3.77. The van der Waals surface area contributed by atoms with Crippen LogP contribution in [-0.4, -0.2) is 6.54 Å². The molecule has 0 spiro atoms. The second-order valence-corrected chi connectivity index (χ2v) is 4.33. The van der Waals surface area contributed by atoms with Crippen LogP contribution < -0.4 is 5.32 Å². The Bertz CT molecular complexity index is 365. The predicted molar refractivity (Wildman–Crippen MR) is 70.7 cm³/mol. The fourth-order valence-corrected chi connectivity index (χ4v) is 2.08. The molecule has 0 atom stereocenters. The van der Waals surface area contributed by atoms with Crippen molar-refractivity contribution >= 4 is 39.9 Å². The molecule has 3 heteroatoms. The molecule has 0 aliphatic carbocycles. The third-order valence-electron chi connectivity index (χ3n) is 1.67. The Balaban J connectivity index is 2.53. The highest BCUT2D eigenvalue weighted by molar-refractivity contribution is 14.1. The minimum absolute atomic E-state index is 0.772. The van der Waals surface area contributed by atoms with Crippen molar-refractivity contribution < 1.29 is 0 Å². The van der Waals surface area contributed by atoms with Gasteiger partial charge in [0.1, 0.15) is 0 Å². The number of hydrogen-bond donors (Lipinski definition) is 1. The molecule has 1 nitrogen and oxygen atoms in total. The molecule has 74 valence electrons. The highest BCUT2D eigenvalue weighted by Crippen LogP contribution is 2.21. The summed E-state index contributed by atoms with van der Waals surface area (Å²) < 4.78 is 1.14. The van der Waals surface area contributed by atoms with Crippen LogP contribution >= 0.6 is 34.2 Å². The normalized spacial score (nSPS) is 9.07. The van der Waals surface area contributed by atoms with Gasteiger partial charge in [0.15, 0.2) is 0 Å². The van der Waals surface area contributed by atoms with Gasteiger partial charge in [-0.1, -0.05) is 11.6 Å². The van der Waals surface area contributed by atoms with Crippen LogP contribution in [0.4, 0.5) is 5.69 Å². The Morgan fingerprint density at radius 1 is 1.50 bits per heavy atom. The molecule has 0 unspecified atom stereocenters. The summed E-state index contributed by atoms with van der Waals surface area (Å²) in [5.74, 6) is 5.87. The van der Waals surface area contributed by atoms with Crippen molar-refractivity contribution in [1.82, 2.24) is 0 Å². The number of anilines is 1. The van der Waals surface area contributed by atoms with E-state index in [0.717, 1.165) is 27.2 Å². The van der Waals surface area contributed by atoms with Crippen LogP contribution in [-0.2, 0) is 0 Å². The predicted octanol–water partition coefficient (Wildman–Crippen LogP) is 3.77. The Morgan fingerprint density at radius 3 is 2.93 bits per heavy atom. The van der Waals surface area contributed by atoms with Crippen molar-refractivity contribution in [3.63, 3.8) is 0 Å². The molecule has 1 aromatic rings. The van der Waals surface area contributed by atoms with Crippen molar-refractivity contribution in [2.24, 2.45) is 0 Å². The minimum Gasteiger partial charge on any atom is -0.383 e. The summed E-state index contributed by atoms with van der Waals surface area (Å²) in [6.45, 7) is 2.73. The first-order valence-corrected chi connectivity index (χ1v) is 5.78. The van der Waals surface area contributed by atoms with Crippen LogP contribution in [0.3, 0.4) is 0 Å². The van der Waals surface area contributed by atoms with Gasteiger partial charge in [-0.05, 0) is 47.7 Å². The molecule has 14 heavy (non-hydrogen) atoms. The summed E-state index contributed by atoms with van der Waals surface area (Å²) in [5.41, 5.74) is 1.12. The quantitative estimate of drug-likeness (QED) is 0.508. The monoisotopic (exact) mass is 319 g/mol. The van der Waals surface area contributed by atoms with Gasteiger partial charge in [0.2, 0.25) is 0 Å². The van der Waals surface area contributed by atoms with E-state index in [0.29, 0.717) is 0 Å². The van der Waals surface area contributed by atoms with Crippen LogP contribution in [0.2, 0.25) is 5.02 Å². The zero-order valence-electron chi connectivity index (χ0n) is 7.90. The molecule has 0 bridgehead atoms.